The third kappa shape index (κ3) is 3.25. The first-order chi connectivity index (χ1) is 9.13. The first-order valence-electron chi connectivity index (χ1n) is 6.54. The monoisotopic (exact) mass is 327 g/mol. The number of nitro benzene ring substituents is 1. The lowest BCUT2D eigenvalue weighted by Gasteiger charge is -2.36. The Kier molecular flexibility index (Phi) is 4.76. The number of hydrogen-bond donors (Lipinski definition) is 1. The van der Waals surface area contributed by atoms with E-state index in [1.807, 2.05) is 6.07 Å². The molecule has 1 fully saturated rings. The van der Waals surface area contributed by atoms with Crippen LogP contribution in [0.1, 0.15) is 19.8 Å². The highest BCUT2D eigenvalue weighted by atomic mass is 79.9. The molecule has 0 saturated carbocycles. The minimum absolute atomic E-state index is 0.119. The summed E-state index contributed by atoms with van der Waals surface area (Å²) in [6, 6.07) is 5.43. The van der Waals surface area contributed by atoms with Crippen LogP contribution < -0.4 is 10.2 Å². The molecule has 0 aliphatic carbocycles. The van der Waals surface area contributed by atoms with Crippen LogP contribution in [0.5, 0.6) is 0 Å². The van der Waals surface area contributed by atoms with E-state index in [4.69, 9.17) is 0 Å². The number of anilines is 1. The third-order valence-corrected chi connectivity index (χ3v) is 4.14. The fraction of sp³-hybridized carbons (Fsp3) is 0.538. The maximum absolute atomic E-state index is 10.8. The van der Waals surface area contributed by atoms with Crippen molar-refractivity contribution in [1.82, 2.24) is 5.32 Å². The molecule has 1 heterocycles. The van der Waals surface area contributed by atoms with Crippen molar-refractivity contribution in [2.75, 3.05) is 24.5 Å². The Balaban J connectivity index is 2.24. The second-order valence-corrected chi connectivity index (χ2v) is 5.53. The molecule has 0 aromatic heterocycles. The molecular weight excluding hydrogens is 310 g/mol. The second kappa shape index (κ2) is 6.34. The van der Waals surface area contributed by atoms with Gasteiger partial charge in [0.2, 0.25) is 0 Å². The number of likely N-dealkylation sites (N-methyl/N-ethyl adjacent to an activating group) is 1. The molecule has 0 amide bonds. The predicted molar refractivity (Wildman–Crippen MR) is 79.7 cm³/mol. The lowest BCUT2D eigenvalue weighted by Crippen LogP contribution is -2.46. The van der Waals surface area contributed by atoms with Crippen LogP contribution in [-0.2, 0) is 0 Å². The highest BCUT2D eigenvalue weighted by Gasteiger charge is 2.22. The van der Waals surface area contributed by atoms with Gasteiger partial charge in [-0.05, 0) is 48.3 Å². The molecule has 1 unspecified atom stereocenters. The molecule has 0 radical (unpaired) electrons. The SMILES string of the molecule is CCN(c1ccc([N+](=O)[O-])cc1Br)C1CCCNC1. The van der Waals surface area contributed by atoms with Gasteiger partial charge in [0.25, 0.3) is 5.69 Å². The summed E-state index contributed by atoms with van der Waals surface area (Å²) in [7, 11) is 0. The van der Waals surface area contributed by atoms with Crippen LogP contribution in [0.3, 0.4) is 0 Å². The summed E-state index contributed by atoms with van der Waals surface area (Å²) >= 11 is 3.46. The van der Waals surface area contributed by atoms with E-state index < -0.39 is 0 Å². The zero-order valence-electron chi connectivity index (χ0n) is 10.9. The van der Waals surface area contributed by atoms with Crippen molar-refractivity contribution in [2.24, 2.45) is 0 Å². The molecule has 5 nitrogen and oxygen atoms in total. The second-order valence-electron chi connectivity index (χ2n) is 4.68. The Morgan fingerprint density at radius 1 is 1.58 bits per heavy atom. The van der Waals surface area contributed by atoms with Gasteiger partial charge in [0, 0.05) is 35.7 Å². The Bertz CT molecular complexity index is 461. The van der Waals surface area contributed by atoms with Gasteiger partial charge in [-0.15, -0.1) is 0 Å². The summed E-state index contributed by atoms with van der Waals surface area (Å²) in [6.07, 6.45) is 2.33. The maximum atomic E-state index is 10.8. The summed E-state index contributed by atoms with van der Waals surface area (Å²) < 4.78 is 0.786. The first kappa shape index (κ1) is 14.3. The van der Waals surface area contributed by atoms with E-state index in [1.165, 1.54) is 6.42 Å². The smallest absolute Gasteiger partial charge is 0.270 e. The van der Waals surface area contributed by atoms with Crippen LogP contribution in [0.15, 0.2) is 22.7 Å². The first-order valence-corrected chi connectivity index (χ1v) is 7.34. The van der Waals surface area contributed by atoms with Gasteiger partial charge in [-0.25, -0.2) is 0 Å². The standard InChI is InChI=1S/C13H18BrN3O2/c1-2-16(11-4-3-7-15-9-11)13-6-5-10(17(18)19)8-12(13)14/h5-6,8,11,15H,2-4,7,9H2,1H3. The quantitative estimate of drug-likeness (QED) is 0.682. The summed E-state index contributed by atoms with van der Waals surface area (Å²) in [6.45, 7) is 5.05. The highest BCUT2D eigenvalue weighted by molar-refractivity contribution is 9.10. The molecule has 104 valence electrons. The van der Waals surface area contributed by atoms with E-state index in [2.05, 4.69) is 33.1 Å². The number of nitrogens with one attached hydrogen (secondary N) is 1. The largest absolute Gasteiger partial charge is 0.367 e. The fourth-order valence-electron chi connectivity index (χ4n) is 2.57. The van der Waals surface area contributed by atoms with Gasteiger partial charge >= 0.3 is 0 Å². The Morgan fingerprint density at radius 2 is 2.37 bits per heavy atom. The van der Waals surface area contributed by atoms with E-state index >= 15 is 0 Å². The minimum Gasteiger partial charge on any atom is -0.367 e. The summed E-state index contributed by atoms with van der Waals surface area (Å²) in [5.41, 5.74) is 1.15. The summed E-state index contributed by atoms with van der Waals surface area (Å²) in [5, 5.41) is 14.2. The number of hydrogen-bond acceptors (Lipinski definition) is 4. The molecule has 1 aromatic carbocycles. The number of nitro groups is 1. The number of halogens is 1. The molecular formula is C13H18BrN3O2. The van der Waals surface area contributed by atoms with Gasteiger partial charge < -0.3 is 10.2 Å². The summed E-state index contributed by atoms with van der Waals surface area (Å²) in [4.78, 5) is 12.7. The Morgan fingerprint density at radius 3 is 2.89 bits per heavy atom. The van der Waals surface area contributed by atoms with Crippen molar-refractivity contribution in [1.29, 1.82) is 0 Å². The zero-order chi connectivity index (χ0) is 13.8. The van der Waals surface area contributed by atoms with Crippen LogP contribution in [0.2, 0.25) is 0 Å². The number of piperidine rings is 1. The van der Waals surface area contributed by atoms with E-state index in [0.717, 1.165) is 36.2 Å². The van der Waals surface area contributed by atoms with E-state index in [9.17, 15) is 10.1 Å². The normalized spacial score (nSPS) is 19.2. The Hall–Kier alpha value is -1.14. The molecule has 0 spiro atoms. The van der Waals surface area contributed by atoms with Crippen molar-refractivity contribution in [2.45, 2.75) is 25.8 Å². The maximum Gasteiger partial charge on any atom is 0.270 e. The minimum atomic E-state index is -0.368. The lowest BCUT2D eigenvalue weighted by atomic mass is 10.0. The van der Waals surface area contributed by atoms with Crippen LogP contribution >= 0.6 is 15.9 Å². The van der Waals surface area contributed by atoms with Crippen molar-refractivity contribution < 1.29 is 4.92 Å². The van der Waals surface area contributed by atoms with Crippen LogP contribution in [0.4, 0.5) is 11.4 Å². The predicted octanol–water partition coefficient (Wildman–Crippen LogP) is 2.94. The van der Waals surface area contributed by atoms with Crippen molar-refractivity contribution in [3.8, 4) is 0 Å². The van der Waals surface area contributed by atoms with Gasteiger partial charge in [0.1, 0.15) is 0 Å². The molecule has 1 aliphatic heterocycles. The number of benzene rings is 1. The molecule has 0 bridgehead atoms. The molecule has 2 rings (SSSR count). The topological polar surface area (TPSA) is 58.4 Å². The van der Waals surface area contributed by atoms with Gasteiger partial charge in [0.05, 0.1) is 10.6 Å². The van der Waals surface area contributed by atoms with E-state index in [0.29, 0.717) is 6.04 Å². The molecule has 1 N–H and O–H groups in total. The molecule has 6 heteroatoms. The van der Waals surface area contributed by atoms with Gasteiger partial charge in [-0.2, -0.15) is 0 Å². The van der Waals surface area contributed by atoms with E-state index in [1.54, 1.807) is 12.1 Å². The molecule has 1 aliphatic rings. The number of rotatable bonds is 4. The Labute approximate surface area is 121 Å². The average Bonchev–Trinajstić information content (AvgIpc) is 2.42. The fourth-order valence-corrected chi connectivity index (χ4v) is 3.16. The molecule has 19 heavy (non-hydrogen) atoms. The highest BCUT2D eigenvalue weighted by Crippen LogP contribution is 2.32. The average molecular weight is 328 g/mol. The van der Waals surface area contributed by atoms with Gasteiger partial charge in [-0.1, -0.05) is 0 Å². The van der Waals surface area contributed by atoms with Crippen molar-refractivity contribution in [3.05, 3.63) is 32.8 Å². The third-order valence-electron chi connectivity index (χ3n) is 3.50. The van der Waals surface area contributed by atoms with Crippen LogP contribution in [0, 0.1) is 10.1 Å². The molecule has 1 aromatic rings. The van der Waals surface area contributed by atoms with Crippen molar-refractivity contribution >= 4 is 27.3 Å². The molecule has 1 saturated heterocycles. The van der Waals surface area contributed by atoms with Crippen molar-refractivity contribution in [3.63, 3.8) is 0 Å². The van der Waals surface area contributed by atoms with E-state index in [-0.39, 0.29) is 10.6 Å². The number of non-ortho nitro benzene ring substituents is 1. The van der Waals surface area contributed by atoms with Gasteiger partial charge in [0.15, 0.2) is 0 Å². The summed E-state index contributed by atoms with van der Waals surface area (Å²) in [5.74, 6) is 0. The van der Waals surface area contributed by atoms with Gasteiger partial charge in [-0.3, -0.25) is 10.1 Å². The number of nitrogens with zero attached hydrogens (tertiary/aromatic N) is 2. The zero-order valence-corrected chi connectivity index (χ0v) is 12.5. The lowest BCUT2D eigenvalue weighted by molar-refractivity contribution is -0.384. The molecule has 1 atom stereocenters. The van der Waals surface area contributed by atoms with Crippen LogP contribution in [-0.4, -0.2) is 30.6 Å². The van der Waals surface area contributed by atoms with Crippen LogP contribution in [0.25, 0.3) is 0 Å².